The Hall–Kier alpha value is -0.860. The number of hydrogen-bond donors (Lipinski definition) is 1. The third-order valence-electron chi connectivity index (χ3n) is 2.89. The third kappa shape index (κ3) is 5.33. The van der Waals surface area contributed by atoms with Crippen LogP contribution in [0.25, 0.3) is 0 Å². The summed E-state index contributed by atoms with van der Waals surface area (Å²) in [4.78, 5) is 0. The molecule has 1 aromatic carbocycles. The standard InChI is InChI=1S/C15H25NO/c1-12(2)10-13-6-4-7-14(11-13)15(16)8-5-9-17-3/h4,6-7,11-12,15H,5,8-10,16H2,1-3H3. The second-order valence-corrected chi connectivity index (χ2v) is 5.08. The van der Waals surface area contributed by atoms with Crippen LogP contribution in [0.15, 0.2) is 24.3 Å². The van der Waals surface area contributed by atoms with Crippen LogP contribution in [0.4, 0.5) is 0 Å². The van der Waals surface area contributed by atoms with Gasteiger partial charge in [-0.05, 0) is 36.3 Å². The van der Waals surface area contributed by atoms with Gasteiger partial charge in [0, 0.05) is 19.8 Å². The van der Waals surface area contributed by atoms with Crippen LogP contribution >= 0.6 is 0 Å². The summed E-state index contributed by atoms with van der Waals surface area (Å²) in [5, 5.41) is 0. The number of ether oxygens (including phenoxy) is 1. The van der Waals surface area contributed by atoms with Crippen LogP contribution in [0.5, 0.6) is 0 Å². The SMILES string of the molecule is COCCCC(N)c1cccc(CC(C)C)c1. The highest BCUT2D eigenvalue weighted by Crippen LogP contribution is 2.18. The molecule has 0 radical (unpaired) electrons. The molecule has 0 heterocycles. The summed E-state index contributed by atoms with van der Waals surface area (Å²) in [6.07, 6.45) is 3.13. The van der Waals surface area contributed by atoms with Crippen molar-refractivity contribution >= 4 is 0 Å². The summed E-state index contributed by atoms with van der Waals surface area (Å²) in [6, 6.07) is 8.81. The molecule has 0 spiro atoms. The van der Waals surface area contributed by atoms with Crippen LogP contribution < -0.4 is 5.73 Å². The largest absolute Gasteiger partial charge is 0.385 e. The zero-order valence-corrected chi connectivity index (χ0v) is 11.3. The second kappa shape index (κ2) is 7.46. The summed E-state index contributed by atoms with van der Waals surface area (Å²) in [5.41, 5.74) is 8.82. The van der Waals surface area contributed by atoms with E-state index in [4.69, 9.17) is 10.5 Å². The van der Waals surface area contributed by atoms with Crippen molar-refractivity contribution in [3.63, 3.8) is 0 Å². The molecule has 1 unspecified atom stereocenters. The maximum atomic E-state index is 6.18. The van der Waals surface area contributed by atoms with Crippen molar-refractivity contribution in [3.8, 4) is 0 Å². The summed E-state index contributed by atoms with van der Waals surface area (Å²) in [7, 11) is 1.73. The fraction of sp³-hybridized carbons (Fsp3) is 0.600. The molecule has 0 aromatic heterocycles. The minimum Gasteiger partial charge on any atom is -0.385 e. The Morgan fingerprint density at radius 1 is 1.29 bits per heavy atom. The van der Waals surface area contributed by atoms with Crippen molar-refractivity contribution < 1.29 is 4.74 Å². The van der Waals surface area contributed by atoms with E-state index >= 15 is 0 Å². The molecule has 0 aliphatic rings. The average Bonchev–Trinajstić information content (AvgIpc) is 2.28. The van der Waals surface area contributed by atoms with Crippen LogP contribution in [-0.4, -0.2) is 13.7 Å². The molecule has 0 aliphatic carbocycles. The molecule has 0 aliphatic heterocycles. The van der Waals surface area contributed by atoms with E-state index in [2.05, 4.69) is 38.1 Å². The molecular weight excluding hydrogens is 210 g/mol. The topological polar surface area (TPSA) is 35.2 Å². The Labute approximate surface area is 105 Å². The van der Waals surface area contributed by atoms with Gasteiger partial charge >= 0.3 is 0 Å². The van der Waals surface area contributed by atoms with Gasteiger partial charge in [0.05, 0.1) is 0 Å². The maximum absolute atomic E-state index is 6.18. The Kier molecular flexibility index (Phi) is 6.23. The van der Waals surface area contributed by atoms with Crippen LogP contribution in [0.1, 0.15) is 43.9 Å². The van der Waals surface area contributed by atoms with Crippen LogP contribution in [0.3, 0.4) is 0 Å². The molecule has 0 fully saturated rings. The lowest BCUT2D eigenvalue weighted by atomic mass is 9.97. The predicted octanol–water partition coefficient (Wildman–Crippen LogP) is 3.31. The second-order valence-electron chi connectivity index (χ2n) is 5.08. The molecule has 96 valence electrons. The van der Waals surface area contributed by atoms with Gasteiger partial charge in [-0.3, -0.25) is 0 Å². The lowest BCUT2D eigenvalue weighted by Gasteiger charge is -2.14. The van der Waals surface area contributed by atoms with Gasteiger partial charge in [0.25, 0.3) is 0 Å². The summed E-state index contributed by atoms with van der Waals surface area (Å²) >= 11 is 0. The highest BCUT2D eigenvalue weighted by atomic mass is 16.5. The van der Waals surface area contributed by atoms with Gasteiger partial charge in [0.15, 0.2) is 0 Å². The Balaban J connectivity index is 2.57. The van der Waals surface area contributed by atoms with E-state index in [9.17, 15) is 0 Å². The van der Waals surface area contributed by atoms with E-state index in [0.717, 1.165) is 25.9 Å². The van der Waals surface area contributed by atoms with E-state index in [0.29, 0.717) is 5.92 Å². The fourth-order valence-electron chi connectivity index (χ4n) is 2.04. The predicted molar refractivity (Wildman–Crippen MR) is 73.0 cm³/mol. The number of rotatable bonds is 7. The van der Waals surface area contributed by atoms with Gasteiger partial charge in [-0.1, -0.05) is 38.1 Å². The van der Waals surface area contributed by atoms with Crippen molar-refractivity contribution in [2.24, 2.45) is 11.7 Å². The first-order chi connectivity index (χ1) is 8.13. The highest BCUT2D eigenvalue weighted by molar-refractivity contribution is 5.26. The summed E-state index contributed by atoms with van der Waals surface area (Å²) in [5.74, 6) is 0.690. The number of benzene rings is 1. The molecule has 2 N–H and O–H groups in total. The van der Waals surface area contributed by atoms with E-state index in [-0.39, 0.29) is 6.04 Å². The Bertz CT molecular complexity index is 322. The van der Waals surface area contributed by atoms with Crippen molar-refractivity contribution in [1.29, 1.82) is 0 Å². The third-order valence-corrected chi connectivity index (χ3v) is 2.89. The first kappa shape index (κ1) is 14.2. The van der Waals surface area contributed by atoms with Crippen LogP contribution in [0, 0.1) is 5.92 Å². The summed E-state index contributed by atoms with van der Waals surface area (Å²) in [6.45, 7) is 5.27. The zero-order valence-electron chi connectivity index (χ0n) is 11.3. The van der Waals surface area contributed by atoms with Gasteiger partial charge in [-0.25, -0.2) is 0 Å². The quantitative estimate of drug-likeness (QED) is 0.736. The fourth-order valence-corrected chi connectivity index (χ4v) is 2.04. The summed E-state index contributed by atoms with van der Waals surface area (Å²) < 4.78 is 5.05. The van der Waals surface area contributed by atoms with Crippen molar-refractivity contribution in [1.82, 2.24) is 0 Å². The zero-order chi connectivity index (χ0) is 12.7. The van der Waals surface area contributed by atoms with Crippen LogP contribution in [-0.2, 0) is 11.2 Å². The van der Waals surface area contributed by atoms with Gasteiger partial charge in [-0.2, -0.15) is 0 Å². The molecular formula is C15H25NO. The Morgan fingerprint density at radius 3 is 2.71 bits per heavy atom. The van der Waals surface area contributed by atoms with Crippen molar-refractivity contribution in [2.75, 3.05) is 13.7 Å². The smallest absolute Gasteiger partial charge is 0.0462 e. The molecule has 2 heteroatoms. The molecule has 0 saturated carbocycles. The first-order valence-corrected chi connectivity index (χ1v) is 6.47. The molecule has 2 nitrogen and oxygen atoms in total. The minimum atomic E-state index is 0.136. The maximum Gasteiger partial charge on any atom is 0.0462 e. The molecule has 1 atom stereocenters. The average molecular weight is 235 g/mol. The number of hydrogen-bond acceptors (Lipinski definition) is 2. The Morgan fingerprint density at radius 2 is 2.06 bits per heavy atom. The molecule has 0 bridgehead atoms. The number of methoxy groups -OCH3 is 1. The first-order valence-electron chi connectivity index (χ1n) is 6.47. The van der Waals surface area contributed by atoms with Gasteiger partial charge in [-0.15, -0.1) is 0 Å². The molecule has 1 aromatic rings. The van der Waals surface area contributed by atoms with E-state index in [1.807, 2.05) is 0 Å². The van der Waals surface area contributed by atoms with Crippen LogP contribution in [0.2, 0.25) is 0 Å². The highest BCUT2D eigenvalue weighted by Gasteiger charge is 2.07. The lowest BCUT2D eigenvalue weighted by molar-refractivity contribution is 0.190. The van der Waals surface area contributed by atoms with Gasteiger partial charge in [0.2, 0.25) is 0 Å². The van der Waals surface area contributed by atoms with E-state index in [1.54, 1.807) is 7.11 Å². The normalized spacial score (nSPS) is 13.0. The molecule has 1 rings (SSSR count). The monoisotopic (exact) mass is 235 g/mol. The lowest BCUT2D eigenvalue weighted by Crippen LogP contribution is -2.11. The van der Waals surface area contributed by atoms with E-state index in [1.165, 1.54) is 11.1 Å². The van der Waals surface area contributed by atoms with Gasteiger partial charge in [0.1, 0.15) is 0 Å². The molecule has 0 amide bonds. The molecule has 17 heavy (non-hydrogen) atoms. The van der Waals surface area contributed by atoms with Gasteiger partial charge < -0.3 is 10.5 Å². The van der Waals surface area contributed by atoms with Crippen molar-refractivity contribution in [2.45, 2.75) is 39.2 Å². The van der Waals surface area contributed by atoms with E-state index < -0.39 is 0 Å². The minimum absolute atomic E-state index is 0.136. The van der Waals surface area contributed by atoms with Crippen molar-refractivity contribution in [3.05, 3.63) is 35.4 Å². The molecule has 0 saturated heterocycles. The number of nitrogens with two attached hydrogens (primary N) is 1.